The minimum atomic E-state index is -0.189. The van der Waals surface area contributed by atoms with Gasteiger partial charge in [-0.1, -0.05) is 12.1 Å². The first kappa shape index (κ1) is 13.8. The molecule has 0 aliphatic carbocycles. The maximum Gasteiger partial charge on any atom is 0.255 e. The van der Waals surface area contributed by atoms with Gasteiger partial charge in [-0.25, -0.2) is 10.8 Å². The largest absolute Gasteiger partial charge is 0.321 e. The van der Waals surface area contributed by atoms with Crippen molar-refractivity contribution in [3.8, 4) is 0 Å². The number of halogens is 1. The van der Waals surface area contributed by atoms with E-state index in [1.807, 2.05) is 31.2 Å². The van der Waals surface area contributed by atoms with Crippen LogP contribution in [-0.4, -0.2) is 10.9 Å². The number of benzene rings is 1. The van der Waals surface area contributed by atoms with Crippen LogP contribution in [0.25, 0.3) is 0 Å². The molecule has 6 heteroatoms. The van der Waals surface area contributed by atoms with E-state index in [0.29, 0.717) is 11.4 Å². The Labute approximate surface area is 124 Å². The Morgan fingerprint density at radius 1 is 1.32 bits per heavy atom. The maximum absolute atomic E-state index is 12.2. The van der Waals surface area contributed by atoms with Crippen molar-refractivity contribution in [3.05, 3.63) is 51.2 Å². The lowest BCUT2D eigenvalue weighted by atomic mass is 10.2. The molecule has 0 aliphatic heterocycles. The SMILES string of the molecule is Cc1cc(C(=O)Nc2ccccc2I)cc(NN)n1. The number of hydrogen-bond acceptors (Lipinski definition) is 4. The number of carbonyl (C=O) groups excluding carboxylic acids is 1. The highest BCUT2D eigenvalue weighted by Gasteiger charge is 2.10. The molecule has 0 bridgehead atoms. The van der Waals surface area contributed by atoms with E-state index in [4.69, 9.17) is 5.84 Å². The zero-order chi connectivity index (χ0) is 13.8. The van der Waals surface area contributed by atoms with Gasteiger partial charge >= 0.3 is 0 Å². The third kappa shape index (κ3) is 3.42. The topological polar surface area (TPSA) is 80.0 Å². The number of nitrogen functional groups attached to an aromatic ring is 1. The van der Waals surface area contributed by atoms with Gasteiger partial charge in [0.2, 0.25) is 0 Å². The summed E-state index contributed by atoms with van der Waals surface area (Å²) in [5, 5.41) is 2.86. The molecule has 0 fully saturated rings. The summed E-state index contributed by atoms with van der Waals surface area (Å²) in [5.41, 5.74) is 4.47. The second-order valence-corrected chi connectivity index (χ2v) is 5.12. The third-order valence-corrected chi connectivity index (χ3v) is 3.43. The van der Waals surface area contributed by atoms with Gasteiger partial charge in [0.15, 0.2) is 0 Å². The number of hydrazine groups is 1. The lowest BCUT2D eigenvalue weighted by Gasteiger charge is -2.09. The van der Waals surface area contributed by atoms with Gasteiger partial charge in [0.25, 0.3) is 5.91 Å². The Bertz CT molecular complexity index is 615. The molecule has 2 aromatic rings. The van der Waals surface area contributed by atoms with Crippen LogP contribution >= 0.6 is 22.6 Å². The number of pyridine rings is 1. The average Bonchev–Trinajstić information content (AvgIpc) is 2.40. The highest BCUT2D eigenvalue weighted by atomic mass is 127. The average molecular weight is 368 g/mol. The van der Waals surface area contributed by atoms with Gasteiger partial charge in [0.1, 0.15) is 5.82 Å². The van der Waals surface area contributed by atoms with E-state index in [9.17, 15) is 4.79 Å². The van der Waals surface area contributed by atoms with Crippen LogP contribution in [0.4, 0.5) is 11.5 Å². The highest BCUT2D eigenvalue weighted by molar-refractivity contribution is 14.1. The summed E-state index contributed by atoms with van der Waals surface area (Å²) < 4.78 is 0.983. The predicted octanol–water partition coefficient (Wildman–Crippen LogP) is 2.53. The summed E-state index contributed by atoms with van der Waals surface area (Å²) in [4.78, 5) is 16.3. The molecule has 5 nitrogen and oxygen atoms in total. The number of amides is 1. The zero-order valence-electron chi connectivity index (χ0n) is 10.3. The number of nitrogens with one attached hydrogen (secondary N) is 2. The number of hydrogen-bond donors (Lipinski definition) is 3. The van der Waals surface area contributed by atoms with Crippen molar-refractivity contribution in [2.45, 2.75) is 6.92 Å². The van der Waals surface area contributed by atoms with Gasteiger partial charge in [0, 0.05) is 14.8 Å². The van der Waals surface area contributed by atoms with Gasteiger partial charge in [-0.15, -0.1) is 0 Å². The molecule has 1 aromatic carbocycles. The Morgan fingerprint density at radius 2 is 2.05 bits per heavy atom. The van der Waals surface area contributed by atoms with Crippen LogP contribution in [0.2, 0.25) is 0 Å². The fourth-order valence-corrected chi connectivity index (χ4v) is 2.15. The molecule has 1 heterocycles. The molecular weight excluding hydrogens is 355 g/mol. The van der Waals surface area contributed by atoms with E-state index < -0.39 is 0 Å². The number of anilines is 2. The van der Waals surface area contributed by atoms with E-state index in [0.717, 1.165) is 15.0 Å². The fourth-order valence-electron chi connectivity index (χ4n) is 1.63. The van der Waals surface area contributed by atoms with E-state index in [1.165, 1.54) is 0 Å². The molecule has 0 aliphatic rings. The second kappa shape index (κ2) is 5.98. The number of nitrogens with zero attached hydrogens (tertiary/aromatic N) is 1. The van der Waals surface area contributed by atoms with E-state index in [2.05, 4.69) is 38.3 Å². The molecule has 98 valence electrons. The second-order valence-electron chi connectivity index (χ2n) is 3.96. The first-order chi connectivity index (χ1) is 9.10. The van der Waals surface area contributed by atoms with Gasteiger partial charge in [-0.2, -0.15) is 0 Å². The van der Waals surface area contributed by atoms with Crippen LogP contribution in [0.5, 0.6) is 0 Å². The smallest absolute Gasteiger partial charge is 0.255 e. The zero-order valence-corrected chi connectivity index (χ0v) is 12.4. The summed E-state index contributed by atoms with van der Waals surface area (Å²) in [6.07, 6.45) is 0. The van der Waals surface area contributed by atoms with E-state index in [-0.39, 0.29) is 5.91 Å². The molecule has 0 saturated heterocycles. The van der Waals surface area contributed by atoms with Gasteiger partial charge in [0.05, 0.1) is 5.69 Å². The fraction of sp³-hybridized carbons (Fsp3) is 0.0769. The number of para-hydroxylation sites is 1. The maximum atomic E-state index is 12.2. The number of nitrogens with two attached hydrogens (primary N) is 1. The quantitative estimate of drug-likeness (QED) is 0.442. The van der Waals surface area contributed by atoms with Crippen LogP contribution in [0.15, 0.2) is 36.4 Å². The molecule has 0 atom stereocenters. The van der Waals surface area contributed by atoms with Gasteiger partial charge in [-0.3, -0.25) is 4.79 Å². The number of rotatable bonds is 3. The van der Waals surface area contributed by atoms with Gasteiger partial charge < -0.3 is 10.7 Å². The van der Waals surface area contributed by atoms with Crippen molar-refractivity contribution in [2.24, 2.45) is 5.84 Å². The summed E-state index contributed by atoms with van der Waals surface area (Å²) in [7, 11) is 0. The highest BCUT2D eigenvalue weighted by Crippen LogP contribution is 2.18. The van der Waals surface area contributed by atoms with Gasteiger partial charge in [-0.05, 0) is 53.8 Å². The van der Waals surface area contributed by atoms with Crippen molar-refractivity contribution < 1.29 is 4.79 Å². The normalized spacial score (nSPS) is 10.1. The van der Waals surface area contributed by atoms with E-state index >= 15 is 0 Å². The lowest BCUT2D eigenvalue weighted by molar-refractivity contribution is 0.102. The molecule has 19 heavy (non-hydrogen) atoms. The van der Waals surface area contributed by atoms with Crippen LogP contribution < -0.4 is 16.6 Å². The summed E-state index contributed by atoms with van der Waals surface area (Å²) in [6, 6.07) is 10.9. The molecule has 1 aromatic heterocycles. The molecule has 0 saturated carbocycles. The van der Waals surface area contributed by atoms with Crippen LogP contribution in [0, 0.1) is 10.5 Å². The van der Waals surface area contributed by atoms with Crippen molar-refractivity contribution in [1.29, 1.82) is 0 Å². The third-order valence-electron chi connectivity index (χ3n) is 2.49. The molecule has 0 radical (unpaired) electrons. The van der Waals surface area contributed by atoms with Crippen molar-refractivity contribution in [3.63, 3.8) is 0 Å². The van der Waals surface area contributed by atoms with Crippen LogP contribution in [0.1, 0.15) is 16.1 Å². The lowest BCUT2D eigenvalue weighted by Crippen LogP contribution is -2.15. The first-order valence-electron chi connectivity index (χ1n) is 5.61. The summed E-state index contributed by atoms with van der Waals surface area (Å²) >= 11 is 2.17. The minimum Gasteiger partial charge on any atom is -0.321 e. The molecule has 0 unspecified atom stereocenters. The Hall–Kier alpha value is -1.67. The van der Waals surface area contributed by atoms with Crippen LogP contribution in [0.3, 0.4) is 0 Å². The summed E-state index contributed by atoms with van der Waals surface area (Å²) in [6.45, 7) is 1.81. The predicted molar refractivity (Wildman–Crippen MR) is 83.9 cm³/mol. The van der Waals surface area contributed by atoms with E-state index in [1.54, 1.807) is 12.1 Å². The van der Waals surface area contributed by atoms with Crippen molar-refractivity contribution >= 4 is 40.0 Å². The number of carbonyl (C=O) groups is 1. The molecule has 2 rings (SSSR count). The molecular formula is C13H13IN4O. The standard InChI is InChI=1S/C13H13IN4O/c1-8-6-9(7-12(16-8)18-15)13(19)17-11-5-3-2-4-10(11)14/h2-7H,15H2,1H3,(H,16,18)(H,17,19). The molecule has 4 N–H and O–H groups in total. The first-order valence-corrected chi connectivity index (χ1v) is 6.69. The van der Waals surface area contributed by atoms with Crippen LogP contribution in [-0.2, 0) is 0 Å². The Kier molecular flexibility index (Phi) is 4.33. The monoisotopic (exact) mass is 368 g/mol. The number of aromatic nitrogens is 1. The number of aryl methyl sites for hydroxylation is 1. The minimum absolute atomic E-state index is 0.189. The van der Waals surface area contributed by atoms with Crippen molar-refractivity contribution in [2.75, 3.05) is 10.7 Å². The Morgan fingerprint density at radius 3 is 2.74 bits per heavy atom. The van der Waals surface area contributed by atoms with Crippen molar-refractivity contribution in [1.82, 2.24) is 4.98 Å². The Balaban J connectivity index is 2.25. The molecule has 1 amide bonds. The molecule has 0 spiro atoms. The summed E-state index contributed by atoms with van der Waals surface area (Å²) in [5.74, 6) is 5.60.